The lowest BCUT2D eigenvalue weighted by molar-refractivity contribution is -0.148. The standard InChI is InChI=1S/C28H35N3O3/c1-2-34-28(33)20-8-9-24-23(15-20)26(30-31(24)16-17-6-4-3-5-7-17)27(32)29-25-21-11-18-10-19(13-21)14-22(25)12-18/h3-7,18-22,25H,2,8-16H2,1H3,(H,29,32)/t18?,19?,20-,21?,22?,25?/m1/s1. The van der Waals surface area contributed by atoms with Crippen LogP contribution in [0.4, 0.5) is 0 Å². The Morgan fingerprint density at radius 1 is 1.06 bits per heavy atom. The van der Waals surface area contributed by atoms with Crippen LogP contribution < -0.4 is 5.32 Å². The van der Waals surface area contributed by atoms with Crippen molar-refractivity contribution in [2.24, 2.45) is 29.6 Å². The number of hydrogen-bond acceptors (Lipinski definition) is 4. The minimum Gasteiger partial charge on any atom is -0.466 e. The molecule has 7 rings (SSSR count). The van der Waals surface area contributed by atoms with Crippen LogP contribution in [0.15, 0.2) is 30.3 Å². The number of ether oxygens (including phenoxy) is 1. The molecule has 1 N–H and O–H groups in total. The Balaban J connectivity index is 1.28. The van der Waals surface area contributed by atoms with Gasteiger partial charge in [-0.2, -0.15) is 5.10 Å². The minimum atomic E-state index is -0.199. The molecule has 0 aliphatic heterocycles. The number of rotatable bonds is 6. The van der Waals surface area contributed by atoms with Crippen molar-refractivity contribution in [3.63, 3.8) is 0 Å². The average molecular weight is 462 g/mol. The van der Waals surface area contributed by atoms with Gasteiger partial charge in [0.1, 0.15) is 0 Å². The van der Waals surface area contributed by atoms with Crippen molar-refractivity contribution >= 4 is 11.9 Å². The highest BCUT2D eigenvalue weighted by atomic mass is 16.5. The van der Waals surface area contributed by atoms with Crippen LogP contribution in [-0.2, 0) is 28.9 Å². The smallest absolute Gasteiger partial charge is 0.309 e. The van der Waals surface area contributed by atoms with Crippen molar-refractivity contribution in [1.29, 1.82) is 0 Å². The van der Waals surface area contributed by atoms with Crippen molar-refractivity contribution in [2.75, 3.05) is 6.61 Å². The quantitative estimate of drug-likeness (QED) is 0.656. The lowest BCUT2D eigenvalue weighted by Crippen LogP contribution is -2.56. The van der Waals surface area contributed by atoms with Crippen LogP contribution in [0, 0.1) is 29.6 Å². The molecule has 5 aliphatic carbocycles. The summed E-state index contributed by atoms with van der Waals surface area (Å²) in [6.45, 7) is 2.86. The van der Waals surface area contributed by atoms with Crippen molar-refractivity contribution < 1.29 is 14.3 Å². The van der Waals surface area contributed by atoms with E-state index in [1.165, 1.54) is 32.1 Å². The maximum atomic E-state index is 13.7. The lowest BCUT2D eigenvalue weighted by atomic mass is 9.54. The summed E-state index contributed by atoms with van der Waals surface area (Å²) in [5.41, 5.74) is 3.73. The highest BCUT2D eigenvalue weighted by molar-refractivity contribution is 5.94. The molecule has 0 spiro atoms. The Labute approximate surface area is 201 Å². The molecular formula is C28H35N3O3. The zero-order valence-corrected chi connectivity index (χ0v) is 20.0. The number of aromatic nitrogens is 2. The number of carbonyl (C=O) groups excluding carboxylic acids is 2. The second-order valence-corrected chi connectivity index (χ2v) is 11.0. The maximum Gasteiger partial charge on any atom is 0.309 e. The lowest BCUT2D eigenvalue weighted by Gasteiger charge is -2.54. The summed E-state index contributed by atoms with van der Waals surface area (Å²) in [6.07, 6.45) is 8.49. The van der Waals surface area contributed by atoms with Gasteiger partial charge in [0.15, 0.2) is 5.69 Å². The van der Waals surface area contributed by atoms with Crippen molar-refractivity contribution in [3.05, 3.63) is 52.8 Å². The van der Waals surface area contributed by atoms with E-state index in [1.54, 1.807) is 0 Å². The normalized spacial score (nSPS) is 31.2. The van der Waals surface area contributed by atoms with Gasteiger partial charge < -0.3 is 10.1 Å². The van der Waals surface area contributed by atoms with E-state index in [9.17, 15) is 9.59 Å². The fraction of sp³-hybridized carbons (Fsp3) is 0.607. The van der Waals surface area contributed by atoms with Gasteiger partial charge in [-0.1, -0.05) is 30.3 Å². The number of fused-ring (bicyclic) bond motifs is 1. The van der Waals surface area contributed by atoms with Gasteiger partial charge in [0, 0.05) is 17.3 Å². The van der Waals surface area contributed by atoms with E-state index in [1.807, 2.05) is 29.8 Å². The van der Waals surface area contributed by atoms with Gasteiger partial charge in [-0.3, -0.25) is 14.3 Å². The fourth-order valence-corrected chi connectivity index (χ4v) is 7.60. The summed E-state index contributed by atoms with van der Waals surface area (Å²) in [6, 6.07) is 10.5. The van der Waals surface area contributed by atoms with Crippen LogP contribution in [-0.4, -0.2) is 34.3 Å². The topological polar surface area (TPSA) is 73.2 Å². The number of benzene rings is 1. The Bertz CT molecular complexity index is 1050. The molecule has 180 valence electrons. The van der Waals surface area contributed by atoms with E-state index >= 15 is 0 Å². The monoisotopic (exact) mass is 461 g/mol. The first-order chi connectivity index (χ1) is 16.6. The predicted octanol–water partition coefficient (Wildman–Crippen LogP) is 4.15. The summed E-state index contributed by atoms with van der Waals surface area (Å²) >= 11 is 0. The summed E-state index contributed by atoms with van der Waals surface area (Å²) in [7, 11) is 0. The molecule has 4 saturated carbocycles. The van der Waals surface area contributed by atoms with Gasteiger partial charge in [-0.25, -0.2) is 0 Å². The average Bonchev–Trinajstić information content (AvgIpc) is 3.19. The zero-order valence-electron chi connectivity index (χ0n) is 20.0. The van der Waals surface area contributed by atoms with Crippen LogP contribution in [0.1, 0.15) is 72.8 Å². The molecule has 34 heavy (non-hydrogen) atoms. The molecule has 1 amide bonds. The van der Waals surface area contributed by atoms with Crippen molar-refractivity contribution in [2.45, 2.75) is 70.9 Å². The van der Waals surface area contributed by atoms with Crippen LogP contribution in [0.25, 0.3) is 0 Å². The number of carbonyl (C=O) groups is 2. The Kier molecular flexibility index (Phi) is 5.70. The Morgan fingerprint density at radius 2 is 1.76 bits per heavy atom. The Morgan fingerprint density at radius 3 is 2.44 bits per heavy atom. The number of amides is 1. The van der Waals surface area contributed by atoms with Gasteiger partial charge in [0.05, 0.1) is 19.1 Å². The molecule has 1 aromatic carbocycles. The molecule has 4 bridgehead atoms. The second-order valence-electron chi connectivity index (χ2n) is 11.0. The third-order valence-corrected chi connectivity index (χ3v) is 8.88. The van der Waals surface area contributed by atoms with Gasteiger partial charge in [-0.15, -0.1) is 0 Å². The molecule has 0 radical (unpaired) electrons. The van der Waals surface area contributed by atoms with Crippen molar-refractivity contribution in [1.82, 2.24) is 15.1 Å². The van der Waals surface area contributed by atoms with Gasteiger partial charge in [0.25, 0.3) is 5.91 Å². The molecule has 0 saturated heterocycles. The molecule has 1 heterocycles. The van der Waals surface area contributed by atoms with Crippen LogP contribution in [0.5, 0.6) is 0 Å². The first-order valence-corrected chi connectivity index (χ1v) is 13.2. The largest absolute Gasteiger partial charge is 0.466 e. The molecule has 1 aromatic heterocycles. The molecule has 0 unspecified atom stereocenters. The van der Waals surface area contributed by atoms with Gasteiger partial charge in [-0.05, 0) is 87.5 Å². The van der Waals surface area contributed by atoms with Gasteiger partial charge >= 0.3 is 5.97 Å². The third kappa shape index (κ3) is 3.95. The first kappa shape index (κ1) is 21.9. The zero-order chi connectivity index (χ0) is 23.2. The molecule has 1 atom stereocenters. The van der Waals surface area contributed by atoms with Gasteiger partial charge in [0.2, 0.25) is 0 Å². The first-order valence-electron chi connectivity index (χ1n) is 13.2. The van der Waals surface area contributed by atoms with E-state index < -0.39 is 0 Å². The maximum absolute atomic E-state index is 13.7. The summed E-state index contributed by atoms with van der Waals surface area (Å²) in [4.78, 5) is 26.2. The minimum absolute atomic E-state index is 0.0509. The van der Waals surface area contributed by atoms with Crippen LogP contribution in [0.3, 0.4) is 0 Å². The number of nitrogens with zero attached hydrogens (tertiary/aromatic N) is 2. The summed E-state index contributed by atoms with van der Waals surface area (Å²) < 4.78 is 7.32. The van der Waals surface area contributed by atoms with Crippen LogP contribution >= 0.6 is 0 Å². The van der Waals surface area contributed by atoms with E-state index in [0.29, 0.717) is 37.1 Å². The summed E-state index contributed by atoms with van der Waals surface area (Å²) in [5.74, 6) is 2.58. The number of hydrogen-bond donors (Lipinski definition) is 1. The molecule has 6 heteroatoms. The molecular weight excluding hydrogens is 426 g/mol. The predicted molar refractivity (Wildman–Crippen MR) is 128 cm³/mol. The van der Waals surface area contributed by atoms with E-state index in [2.05, 4.69) is 17.4 Å². The number of nitrogens with one attached hydrogen (secondary N) is 1. The molecule has 5 aliphatic rings. The summed E-state index contributed by atoms with van der Waals surface area (Å²) in [5, 5.41) is 8.31. The third-order valence-electron chi connectivity index (χ3n) is 8.88. The number of esters is 1. The molecule has 2 aromatic rings. The van der Waals surface area contributed by atoms with Crippen LogP contribution in [0.2, 0.25) is 0 Å². The molecule has 6 nitrogen and oxygen atoms in total. The highest BCUT2D eigenvalue weighted by Crippen LogP contribution is 2.53. The SMILES string of the molecule is CCOC(=O)[C@@H]1CCc2c(c(C(=O)NC3C4CC5CC(C4)CC3C5)nn2Cc2ccccc2)C1. The fourth-order valence-electron chi connectivity index (χ4n) is 7.60. The van der Waals surface area contributed by atoms with Crippen molar-refractivity contribution in [3.8, 4) is 0 Å². The highest BCUT2D eigenvalue weighted by Gasteiger charge is 2.49. The van der Waals surface area contributed by atoms with E-state index in [-0.39, 0.29) is 23.8 Å². The second kappa shape index (κ2) is 8.86. The van der Waals surface area contributed by atoms with E-state index in [4.69, 9.17) is 9.84 Å². The Hall–Kier alpha value is -2.63. The molecule has 4 fully saturated rings. The van der Waals surface area contributed by atoms with E-state index in [0.717, 1.165) is 41.5 Å².